The van der Waals surface area contributed by atoms with Crippen LogP contribution in [0, 0.1) is 0 Å². The van der Waals surface area contributed by atoms with Gasteiger partial charge >= 0.3 is 0 Å². The van der Waals surface area contributed by atoms with Crippen molar-refractivity contribution < 1.29 is 0 Å². The van der Waals surface area contributed by atoms with E-state index in [4.69, 9.17) is 0 Å². The number of nitrogens with zero attached hydrogens (tertiary/aromatic N) is 4. The standard InChI is InChI=1S/C15H17N5/c1-11(2)18-10-12-5-8-20(19-12)13-3-4-14-15(9-13)17-7-6-16-14/h3-9,11,18H,10H2,1-2H3. The fraction of sp³-hybridized carbons (Fsp3) is 0.267. The summed E-state index contributed by atoms with van der Waals surface area (Å²) in [7, 11) is 0. The number of rotatable bonds is 4. The Morgan fingerprint density at radius 3 is 2.70 bits per heavy atom. The summed E-state index contributed by atoms with van der Waals surface area (Å²) in [6.07, 6.45) is 5.37. The van der Waals surface area contributed by atoms with Gasteiger partial charge in [-0.2, -0.15) is 5.10 Å². The van der Waals surface area contributed by atoms with Crippen molar-refractivity contribution in [3.8, 4) is 5.69 Å². The van der Waals surface area contributed by atoms with Crippen LogP contribution in [0.2, 0.25) is 0 Å². The third-order valence-corrected chi connectivity index (χ3v) is 3.05. The van der Waals surface area contributed by atoms with Gasteiger partial charge in [-0.25, -0.2) is 4.68 Å². The zero-order valence-electron chi connectivity index (χ0n) is 11.6. The van der Waals surface area contributed by atoms with Crippen LogP contribution in [0.5, 0.6) is 0 Å². The second-order valence-corrected chi connectivity index (χ2v) is 5.02. The summed E-state index contributed by atoms with van der Waals surface area (Å²) in [4.78, 5) is 8.59. The Bertz CT molecular complexity index is 717. The van der Waals surface area contributed by atoms with Crippen LogP contribution in [0.25, 0.3) is 16.7 Å². The van der Waals surface area contributed by atoms with Crippen LogP contribution in [0.1, 0.15) is 19.5 Å². The molecule has 0 atom stereocenters. The van der Waals surface area contributed by atoms with E-state index in [1.165, 1.54) is 0 Å². The molecule has 0 aliphatic rings. The lowest BCUT2D eigenvalue weighted by atomic mass is 10.2. The molecule has 0 radical (unpaired) electrons. The van der Waals surface area contributed by atoms with Crippen LogP contribution < -0.4 is 5.32 Å². The highest BCUT2D eigenvalue weighted by molar-refractivity contribution is 5.76. The molecular formula is C15H17N5. The van der Waals surface area contributed by atoms with E-state index >= 15 is 0 Å². The topological polar surface area (TPSA) is 55.6 Å². The highest BCUT2D eigenvalue weighted by Gasteiger charge is 2.04. The number of fused-ring (bicyclic) bond motifs is 1. The second-order valence-electron chi connectivity index (χ2n) is 5.02. The molecule has 2 heterocycles. The average Bonchev–Trinajstić information content (AvgIpc) is 2.93. The summed E-state index contributed by atoms with van der Waals surface area (Å²) in [5.41, 5.74) is 3.79. The quantitative estimate of drug-likeness (QED) is 0.788. The van der Waals surface area contributed by atoms with Gasteiger partial charge in [0.05, 0.1) is 22.4 Å². The van der Waals surface area contributed by atoms with E-state index in [0.717, 1.165) is 29.0 Å². The predicted molar refractivity (Wildman–Crippen MR) is 78.6 cm³/mol. The number of hydrogen-bond donors (Lipinski definition) is 1. The van der Waals surface area contributed by atoms with Crippen molar-refractivity contribution in [1.29, 1.82) is 0 Å². The molecule has 102 valence electrons. The van der Waals surface area contributed by atoms with Crippen molar-refractivity contribution in [2.24, 2.45) is 0 Å². The molecule has 0 fully saturated rings. The molecule has 1 aromatic carbocycles. The molecule has 0 spiro atoms. The molecule has 0 aliphatic carbocycles. The van der Waals surface area contributed by atoms with E-state index in [1.54, 1.807) is 12.4 Å². The number of aromatic nitrogens is 4. The van der Waals surface area contributed by atoms with E-state index in [0.29, 0.717) is 6.04 Å². The van der Waals surface area contributed by atoms with Crippen molar-refractivity contribution in [2.75, 3.05) is 0 Å². The molecule has 20 heavy (non-hydrogen) atoms. The van der Waals surface area contributed by atoms with E-state index in [9.17, 15) is 0 Å². The lowest BCUT2D eigenvalue weighted by Crippen LogP contribution is -2.22. The molecule has 2 aromatic heterocycles. The Balaban J connectivity index is 1.87. The van der Waals surface area contributed by atoms with Gasteiger partial charge in [-0.05, 0) is 24.3 Å². The monoisotopic (exact) mass is 267 g/mol. The molecule has 0 amide bonds. The van der Waals surface area contributed by atoms with Crippen LogP contribution >= 0.6 is 0 Å². The second kappa shape index (κ2) is 5.38. The molecule has 1 N–H and O–H groups in total. The molecule has 0 unspecified atom stereocenters. The van der Waals surface area contributed by atoms with Gasteiger partial charge in [0.2, 0.25) is 0 Å². The summed E-state index contributed by atoms with van der Waals surface area (Å²) in [6.45, 7) is 5.02. The molecule has 5 heteroatoms. The average molecular weight is 267 g/mol. The van der Waals surface area contributed by atoms with Gasteiger partial charge < -0.3 is 5.32 Å². The van der Waals surface area contributed by atoms with E-state index in [-0.39, 0.29) is 0 Å². The van der Waals surface area contributed by atoms with E-state index in [2.05, 4.69) is 34.2 Å². The number of nitrogens with one attached hydrogen (secondary N) is 1. The predicted octanol–water partition coefficient (Wildman–Crippen LogP) is 2.31. The van der Waals surface area contributed by atoms with Gasteiger partial charge in [-0.1, -0.05) is 13.8 Å². The lowest BCUT2D eigenvalue weighted by molar-refractivity contribution is 0.578. The maximum absolute atomic E-state index is 4.57. The molecule has 3 rings (SSSR count). The molecule has 5 nitrogen and oxygen atoms in total. The van der Waals surface area contributed by atoms with Crippen LogP contribution in [0.15, 0.2) is 42.9 Å². The van der Waals surface area contributed by atoms with Crippen LogP contribution in [-0.4, -0.2) is 25.8 Å². The molecule has 0 aliphatic heterocycles. The first-order chi connectivity index (χ1) is 9.72. The zero-order valence-corrected chi connectivity index (χ0v) is 11.6. The highest BCUT2D eigenvalue weighted by Crippen LogP contribution is 2.14. The van der Waals surface area contributed by atoms with E-state index < -0.39 is 0 Å². The lowest BCUT2D eigenvalue weighted by Gasteiger charge is -2.05. The summed E-state index contributed by atoms with van der Waals surface area (Å²) < 4.78 is 1.87. The van der Waals surface area contributed by atoms with Crippen molar-refractivity contribution in [1.82, 2.24) is 25.1 Å². The minimum atomic E-state index is 0.455. The summed E-state index contributed by atoms with van der Waals surface area (Å²) in [5.74, 6) is 0. The summed E-state index contributed by atoms with van der Waals surface area (Å²) in [6, 6.07) is 8.44. The maximum Gasteiger partial charge on any atom is 0.0908 e. The van der Waals surface area contributed by atoms with Gasteiger partial charge in [-0.15, -0.1) is 0 Å². The van der Waals surface area contributed by atoms with Crippen molar-refractivity contribution in [2.45, 2.75) is 26.4 Å². The van der Waals surface area contributed by atoms with Gasteiger partial charge in [0.15, 0.2) is 0 Å². The summed E-state index contributed by atoms with van der Waals surface area (Å²) in [5, 5.41) is 7.92. The molecular weight excluding hydrogens is 250 g/mol. The Labute approximate surface area is 117 Å². The minimum Gasteiger partial charge on any atom is -0.309 e. The fourth-order valence-corrected chi connectivity index (χ4v) is 2.00. The number of benzene rings is 1. The zero-order chi connectivity index (χ0) is 13.9. The first-order valence-electron chi connectivity index (χ1n) is 6.71. The molecule has 0 bridgehead atoms. The SMILES string of the molecule is CC(C)NCc1ccn(-c2ccc3nccnc3c2)n1. The van der Waals surface area contributed by atoms with Gasteiger partial charge in [0, 0.05) is 31.2 Å². The smallest absolute Gasteiger partial charge is 0.0908 e. The van der Waals surface area contributed by atoms with Crippen molar-refractivity contribution >= 4 is 11.0 Å². The Morgan fingerprint density at radius 1 is 1.10 bits per heavy atom. The highest BCUT2D eigenvalue weighted by atomic mass is 15.3. The minimum absolute atomic E-state index is 0.455. The van der Waals surface area contributed by atoms with Gasteiger partial charge in [0.1, 0.15) is 0 Å². The third-order valence-electron chi connectivity index (χ3n) is 3.05. The molecule has 3 aromatic rings. The van der Waals surface area contributed by atoms with E-state index in [1.807, 2.05) is 35.1 Å². The molecule has 0 saturated carbocycles. The van der Waals surface area contributed by atoms with Gasteiger partial charge in [0.25, 0.3) is 0 Å². The Hall–Kier alpha value is -2.27. The van der Waals surface area contributed by atoms with Crippen LogP contribution in [0.4, 0.5) is 0 Å². The maximum atomic E-state index is 4.57. The van der Waals surface area contributed by atoms with Gasteiger partial charge in [-0.3, -0.25) is 9.97 Å². The largest absolute Gasteiger partial charge is 0.309 e. The first-order valence-corrected chi connectivity index (χ1v) is 6.71. The fourth-order valence-electron chi connectivity index (χ4n) is 2.00. The van der Waals surface area contributed by atoms with Crippen LogP contribution in [0.3, 0.4) is 0 Å². The van der Waals surface area contributed by atoms with Crippen molar-refractivity contribution in [3.63, 3.8) is 0 Å². The third kappa shape index (κ3) is 2.67. The normalized spacial score (nSPS) is 11.3. The van der Waals surface area contributed by atoms with Crippen molar-refractivity contribution in [3.05, 3.63) is 48.5 Å². The number of hydrogen-bond acceptors (Lipinski definition) is 4. The summed E-state index contributed by atoms with van der Waals surface area (Å²) >= 11 is 0. The first kappa shape index (κ1) is 12.7. The Morgan fingerprint density at radius 2 is 1.90 bits per heavy atom. The molecule has 0 saturated heterocycles. The van der Waals surface area contributed by atoms with Crippen LogP contribution in [-0.2, 0) is 6.54 Å². The Kier molecular flexibility index (Phi) is 3.43.